The lowest BCUT2D eigenvalue weighted by Gasteiger charge is -2.31. The zero-order valence-corrected chi connectivity index (χ0v) is 17.9. The van der Waals surface area contributed by atoms with E-state index in [-0.39, 0.29) is 18.4 Å². The lowest BCUT2D eigenvalue weighted by molar-refractivity contribution is -0.119. The van der Waals surface area contributed by atoms with E-state index in [1.54, 1.807) is 6.92 Å². The lowest BCUT2D eigenvalue weighted by atomic mass is 9.70. The van der Waals surface area contributed by atoms with Crippen LogP contribution in [0.1, 0.15) is 60.0 Å². The third-order valence-corrected chi connectivity index (χ3v) is 6.82. The zero-order chi connectivity index (χ0) is 21.0. The SMILES string of the molecule is CCOC(=O)c1c(NC(=O)[C@@H](C)CC)sc2c1CC[C@](C#N)(c1ccccc1)C2. The van der Waals surface area contributed by atoms with Crippen LogP contribution >= 0.6 is 11.3 Å². The van der Waals surface area contributed by atoms with Crippen LogP contribution < -0.4 is 5.32 Å². The molecular formula is C23H26N2O3S. The van der Waals surface area contributed by atoms with E-state index in [1.165, 1.54) is 11.3 Å². The molecule has 1 N–H and O–H groups in total. The fourth-order valence-electron chi connectivity index (χ4n) is 3.71. The number of benzene rings is 1. The third-order valence-electron chi connectivity index (χ3n) is 5.67. The molecule has 29 heavy (non-hydrogen) atoms. The fraction of sp³-hybridized carbons (Fsp3) is 0.435. The molecule has 2 aromatic rings. The van der Waals surface area contributed by atoms with Gasteiger partial charge in [-0.2, -0.15) is 5.26 Å². The van der Waals surface area contributed by atoms with Crippen LogP contribution in [0.2, 0.25) is 0 Å². The summed E-state index contributed by atoms with van der Waals surface area (Å²) in [4.78, 5) is 26.1. The average Bonchev–Trinajstić information content (AvgIpc) is 3.10. The first-order chi connectivity index (χ1) is 14.0. The summed E-state index contributed by atoms with van der Waals surface area (Å²) in [5.74, 6) is -0.661. The van der Waals surface area contributed by atoms with E-state index < -0.39 is 11.4 Å². The fourth-order valence-corrected chi connectivity index (χ4v) is 5.06. The van der Waals surface area contributed by atoms with Gasteiger partial charge in [-0.1, -0.05) is 44.2 Å². The Labute approximate surface area is 175 Å². The Bertz CT molecular complexity index is 945. The maximum Gasteiger partial charge on any atom is 0.341 e. The predicted octanol–water partition coefficient (Wildman–Crippen LogP) is 4.86. The van der Waals surface area contributed by atoms with Gasteiger partial charge in [-0.25, -0.2) is 4.79 Å². The van der Waals surface area contributed by atoms with E-state index in [0.29, 0.717) is 29.8 Å². The average molecular weight is 411 g/mol. The second kappa shape index (κ2) is 8.79. The highest BCUT2D eigenvalue weighted by molar-refractivity contribution is 7.17. The normalized spacial score (nSPS) is 19.0. The highest BCUT2D eigenvalue weighted by Crippen LogP contribution is 2.45. The summed E-state index contributed by atoms with van der Waals surface area (Å²) >= 11 is 1.40. The topological polar surface area (TPSA) is 79.2 Å². The van der Waals surface area contributed by atoms with Crippen LogP contribution in [0.4, 0.5) is 5.00 Å². The molecule has 0 spiro atoms. The zero-order valence-electron chi connectivity index (χ0n) is 17.1. The Morgan fingerprint density at radius 1 is 1.31 bits per heavy atom. The van der Waals surface area contributed by atoms with E-state index in [0.717, 1.165) is 22.4 Å². The second-order valence-corrected chi connectivity index (χ2v) is 8.57. The van der Waals surface area contributed by atoms with E-state index in [2.05, 4.69) is 11.4 Å². The van der Waals surface area contributed by atoms with Gasteiger partial charge in [0, 0.05) is 17.2 Å². The van der Waals surface area contributed by atoms with Crippen LogP contribution in [0.15, 0.2) is 30.3 Å². The maximum atomic E-state index is 12.7. The molecule has 1 aromatic heterocycles. The first kappa shape index (κ1) is 21.1. The van der Waals surface area contributed by atoms with Crippen molar-refractivity contribution in [1.82, 2.24) is 0 Å². The summed E-state index contributed by atoms with van der Waals surface area (Å²) in [6.45, 7) is 5.86. The highest BCUT2D eigenvalue weighted by atomic mass is 32.1. The standard InChI is InChI=1S/C23H26N2O3S/c1-4-15(3)20(26)25-21-19(22(27)28-5-2)17-11-12-23(14-24,13-18(17)29-21)16-9-7-6-8-10-16/h6-10,15H,4-5,11-13H2,1-3H3,(H,25,26)/t15-,23-/m0/s1. The summed E-state index contributed by atoms with van der Waals surface area (Å²) in [5, 5.41) is 13.5. The van der Waals surface area contributed by atoms with E-state index in [1.807, 2.05) is 44.2 Å². The van der Waals surface area contributed by atoms with Gasteiger partial charge in [-0.15, -0.1) is 11.3 Å². The monoisotopic (exact) mass is 410 g/mol. The van der Waals surface area contributed by atoms with Crippen LogP contribution in [0.3, 0.4) is 0 Å². The van der Waals surface area contributed by atoms with Crippen LogP contribution in [-0.4, -0.2) is 18.5 Å². The number of anilines is 1. The molecule has 2 atom stereocenters. The Kier molecular flexibility index (Phi) is 6.39. The van der Waals surface area contributed by atoms with Crippen LogP contribution in [0.5, 0.6) is 0 Å². The number of nitrogens with zero attached hydrogens (tertiary/aromatic N) is 1. The number of fused-ring (bicyclic) bond motifs is 1. The highest BCUT2D eigenvalue weighted by Gasteiger charge is 2.40. The Hall–Kier alpha value is -2.65. The summed E-state index contributed by atoms with van der Waals surface area (Å²) < 4.78 is 5.28. The number of amides is 1. The predicted molar refractivity (Wildman–Crippen MR) is 114 cm³/mol. The van der Waals surface area contributed by atoms with E-state index >= 15 is 0 Å². The number of hydrogen-bond donors (Lipinski definition) is 1. The first-order valence-corrected chi connectivity index (χ1v) is 10.9. The number of thiophene rings is 1. The molecule has 0 bridgehead atoms. The number of nitrogens with one attached hydrogen (secondary N) is 1. The van der Waals surface area contributed by atoms with Gasteiger partial charge in [0.2, 0.25) is 5.91 Å². The van der Waals surface area contributed by atoms with Crippen LogP contribution in [-0.2, 0) is 27.8 Å². The molecule has 0 aliphatic heterocycles. The Morgan fingerprint density at radius 3 is 2.66 bits per heavy atom. The van der Waals surface area contributed by atoms with Crippen molar-refractivity contribution in [3.05, 3.63) is 51.9 Å². The van der Waals surface area contributed by atoms with Gasteiger partial charge in [0.15, 0.2) is 0 Å². The van der Waals surface area contributed by atoms with Crippen molar-refractivity contribution in [2.45, 2.75) is 51.9 Å². The Balaban J connectivity index is 2.02. The minimum absolute atomic E-state index is 0.105. The summed E-state index contributed by atoms with van der Waals surface area (Å²) in [6.07, 6.45) is 2.47. The molecule has 0 saturated heterocycles. The van der Waals surface area contributed by atoms with Crippen molar-refractivity contribution in [2.24, 2.45) is 5.92 Å². The van der Waals surface area contributed by atoms with Crippen molar-refractivity contribution >= 4 is 28.2 Å². The molecule has 0 fully saturated rings. The van der Waals surface area contributed by atoms with Crippen LogP contribution in [0, 0.1) is 17.2 Å². The van der Waals surface area contributed by atoms with Crippen molar-refractivity contribution in [3.63, 3.8) is 0 Å². The molecule has 0 saturated carbocycles. The number of carbonyl (C=O) groups is 2. The van der Waals surface area contributed by atoms with Gasteiger partial charge in [0.05, 0.1) is 23.7 Å². The van der Waals surface area contributed by atoms with Crippen molar-refractivity contribution < 1.29 is 14.3 Å². The minimum Gasteiger partial charge on any atom is -0.462 e. The van der Waals surface area contributed by atoms with Crippen molar-refractivity contribution in [3.8, 4) is 6.07 Å². The molecule has 1 aromatic carbocycles. The largest absolute Gasteiger partial charge is 0.462 e. The molecular weight excluding hydrogens is 384 g/mol. The van der Waals surface area contributed by atoms with Gasteiger partial charge in [0.25, 0.3) is 0 Å². The summed E-state index contributed by atoms with van der Waals surface area (Å²) in [5.41, 5.74) is 1.74. The maximum absolute atomic E-state index is 12.7. The molecule has 5 nitrogen and oxygen atoms in total. The molecule has 1 amide bonds. The third kappa shape index (κ3) is 4.06. The molecule has 152 valence electrons. The van der Waals surface area contributed by atoms with E-state index in [9.17, 15) is 14.9 Å². The summed E-state index contributed by atoms with van der Waals surface area (Å²) in [7, 11) is 0. The smallest absolute Gasteiger partial charge is 0.341 e. The molecule has 6 heteroatoms. The van der Waals surface area contributed by atoms with E-state index in [4.69, 9.17) is 4.74 Å². The van der Waals surface area contributed by atoms with Gasteiger partial charge in [-0.05, 0) is 37.3 Å². The molecule has 3 rings (SSSR count). The van der Waals surface area contributed by atoms with Gasteiger partial charge in [-0.3, -0.25) is 4.79 Å². The number of rotatable bonds is 6. The molecule has 1 aliphatic carbocycles. The van der Waals surface area contributed by atoms with Crippen molar-refractivity contribution in [1.29, 1.82) is 5.26 Å². The van der Waals surface area contributed by atoms with Crippen LogP contribution in [0.25, 0.3) is 0 Å². The molecule has 0 radical (unpaired) electrons. The quantitative estimate of drug-likeness (QED) is 0.690. The molecule has 1 heterocycles. The van der Waals surface area contributed by atoms with Gasteiger partial charge >= 0.3 is 5.97 Å². The van der Waals surface area contributed by atoms with Crippen molar-refractivity contribution in [2.75, 3.05) is 11.9 Å². The number of carbonyl (C=O) groups excluding carboxylic acids is 2. The number of esters is 1. The molecule has 0 unspecified atom stereocenters. The molecule has 1 aliphatic rings. The number of ether oxygens (including phenoxy) is 1. The Morgan fingerprint density at radius 2 is 2.03 bits per heavy atom. The lowest BCUT2D eigenvalue weighted by Crippen LogP contribution is -2.31. The minimum atomic E-state index is -0.622. The summed E-state index contributed by atoms with van der Waals surface area (Å²) in [6, 6.07) is 12.3. The second-order valence-electron chi connectivity index (χ2n) is 7.46. The number of nitriles is 1. The van der Waals surface area contributed by atoms with Gasteiger partial charge in [0.1, 0.15) is 5.00 Å². The van der Waals surface area contributed by atoms with Gasteiger partial charge < -0.3 is 10.1 Å². The first-order valence-electron chi connectivity index (χ1n) is 10.0. The number of hydrogen-bond acceptors (Lipinski definition) is 5.